The Morgan fingerprint density at radius 3 is 2.27 bits per heavy atom. The molecule has 0 heterocycles. The minimum atomic E-state index is -3.68. The van der Waals surface area contributed by atoms with E-state index in [0.29, 0.717) is 5.02 Å². The molecule has 0 aliphatic heterocycles. The van der Waals surface area contributed by atoms with Crippen molar-refractivity contribution in [1.82, 2.24) is 0 Å². The largest absolute Gasteiger partial charge is 0.261 e. The first kappa shape index (κ1) is 10.7. The van der Waals surface area contributed by atoms with E-state index in [1.807, 2.05) is 6.07 Å². The van der Waals surface area contributed by atoms with Crippen molar-refractivity contribution in [3.8, 4) is 0 Å². The summed E-state index contributed by atoms with van der Waals surface area (Å²) in [7, 11) is 1.56. The van der Waals surface area contributed by atoms with Gasteiger partial charge in [-0.2, -0.15) is 0 Å². The van der Waals surface area contributed by atoms with Gasteiger partial charge in [-0.1, -0.05) is 23.7 Å². The van der Waals surface area contributed by atoms with Gasteiger partial charge in [0.15, 0.2) is 0 Å². The van der Waals surface area contributed by atoms with Gasteiger partial charge in [0.05, 0.1) is 4.90 Å². The lowest BCUT2D eigenvalue weighted by molar-refractivity contribution is 0.609. The van der Waals surface area contributed by atoms with E-state index in [1.54, 1.807) is 18.2 Å². The Morgan fingerprint density at radius 1 is 0.933 bits per heavy atom. The minimum Gasteiger partial charge on any atom is -0.207 e. The molecule has 0 unspecified atom stereocenters. The maximum Gasteiger partial charge on any atom is 0.261 e. The molecule has 0 aliphatic rings. The average molecular weight is 261 g/mol. The van der Waals surface area contributed by atoms with Gasteiger partial charge in [0.1, 0.15) is 0 Å². The Morgan fingerprint density at radius 2 is 1.60 bits per heavy atom. The van der Waals surface area contributed by atoms with Crippen molar-refractivity contribution in [1.29, 1.82) is 0 Å². The molecule has 0 radical (unpaired) electrons. The molecule has 0 spiro atoms. The van der Waals surface area contributed by atoms with Gasteiger partial charge < -0.3 is 0 Å². The zero-order valence-electron chi connectivity index (χ0n) is 7.44. The first-order valence-corrected chi connectivity index (χ1v) is 6.79. The molecule has 0 fully saturated rings. The van der Waals surface area contributed by atoms with Crippen molar-refractivity contribution in [2.24, 2.45) is 0 Å². The number of hydrogen-bond acceptors (Lipinski definition) is 2. The maximum atomic E-state index is 11.1. The molecule has 15 heavy (non-hydrogen) atoms. The van der Waals surface area contributed by atoms with Crippen molar-refractivity contribution >= 4 is 42.1 Å². The molecule has 0 bridgehead atoms. The fraction of sp³-hybridized carbons (Fsp3) is 0. The van der Waals surface area contributed by atoms with Crippen LogP contribution < -0.4 is 0 Å². The van der Waals surface area contributed by atoms with Crippen LogP contribution >= 0.6 is 22.3 Å². The van der Waals surface area contributed by atoms with Crippen LogP contribution in [0, 0.1) is 0 Å². The molecule has 2 aromatic rings. The van der Waals surface area contributed by atoms with Crippen molar-refractivity contribution in [2.75, 3.05) is 0 Å². The van der Waals surface area contributed by atoms with Crippen LogP contribution in [0.15, 0.2) is 41.3 Å². The van der Waals surface area contributed by atoms with Crippen LogP contribution in [0.5, 0.6) is 0 Å². The van der Waals surface area contributed by atoms with Crippen LogP contribution in [0.25, 0.3) is 10.8 Å². The lowest BCUT2D eigenvalue weighted by Crippen LogP contribution is -1.89. The summed E-state index contributed by atoms with van der Waals surface area (Å²) in [4.78, 5) is 0.0823. The third-order valence-corrected chi connectivity index (χ3v) is 3.64. The molecule has 2 rings (SSSR count). The zero-order valence-corrected chi connectivity index (χ0v) is 9.77. The van der Waals surface area contributed by atoms with Crippen molar-refractivity contribution < 1.29 is 8.42 Å². The topological polar surface area (TPSA) is 34.1 Å². The molecule has 0 amide bonds. The minimum absolute atomic E-state index is 0.0823. The van der Waals surface area contributed by atoms with E-state index in [2.05, 4.69) is 0 Å². The summed E-state index contributed by atoms with van der Waals surface area (Å²) >= 11 is 5.80. The van der Waals surface area contributed by atoms with E-state index < -0.39 is 9.05 Å². The smallest absolute Gasteiger partial charge is 0.207 e. The predicted octanol–water partition coefficient (Wildman–Crippen LogP) is 3.42. The van der Waals surface area contributed by atoms with Gasteiger partial charge in [0.25, 0.3) is 9.05 Å². The SMILES string of the molecule is O=S(=O)(Cl)c1ccc2ccc(Cl)cc2c1. The molecule has 0 atom stereocenters. The predicted molar refractivity (Wildman–Crippen MR) is 62.0 cm³/mol. The Kier molecular flexibility index (Phi) is 2.63. The fourth-order valence-corrected chi connectivity index (χ4v) is 2.31. The summed E-state index contributed by atoms with van der Waals surface area (Å²) in [5, 5.41) is 2.24. The second-order valence-corrected chi connectivity index (χ2v) is 6.09. The van der Waals surface area contributed by atoms with Gasteiger partial charge in [-0.15, -0.1) is 0 Å². The van der Waals surface area contributed by atoms with Crippen LogP contribution in [0.4, 0.5) is 0 Å². The molecular weight excluding hydrogens is 255 g/mol. The third-order valence-electron chi connectivity index (χ3n) is 2.06. The molecule has 0 N–H and O–H groups in total. The summed E-state index contributed by atoms with van der Waals surface area (Å²) in [5.41, 5.74) is 0. The first-order valence-electron chi connectivity index (χ1n) is 4.11. The molecule has 78 valence electrons. The summed E-state index contributed by atoms with van der Waals surface area (Å²) in [6, 6.07) is 9.94. The van der Waals surface area contributed by atoms with Gasteiger partial charge in [0.2, 0.25) is 0 Å². The summed E-state index contributed by atoms with van der Waals surface area (Å²) < 4.78 is 22.2. The van der Waals surface area contributed by atoms with Gasteiger partial charge in [-0.3, -0.25) is 0 Å². The molecule has 0 saturated heterocycles. The summed E-state index contributed by atoms with van der Waals surface area (Å²) in [6.45, 7) is 0. The molecule has 0 aromatic heterocycles. The zero-order chi connectivity index (χ0) is 11.1. The van der Waals surface area contributed by atoms with E-state index >= 15 is 0 Å². The van der Waals surface area contributed by atoms with E-state index in [-0.39, 0.29) is 4.90 Å². The van der Waals surface area contributed by atoms with E-state index in [9.17, 15) is 8.42 Å². The van der Waals surface area contributed by atoms with Crippen LogP contribution in [-0.2, 0) is 9.05 Å². The molecule has 2 aromatic carbocycles. The lowest BCUT2D eigenvalue weighted by Gasteiger charge is -2.00. The van der Waals surface area contributed by atoms with Crippen LogP contribution in [0.2, 0.25) is 5.02 Å². The molecule has 0 saturated carbocycles. The summed E-state index contributed by atoms with van der Waals surface area (Å²) in [6.07, 6.45) is 0. The van der Waals surface area contributed by atoms with Gasteiger partial charge in [0, 0.05) is 15.7 Å². The van der Waals surface area contributed by atoms with E-state index in [4.69, 9.17) is 22.3 Å². The van der Waals surface area contributed by atoms with Crippen LogP contribution in [0.1, 0.15) is 0 Å². The maximum absolute atomic E-state index is 11.1. The number of hydrogen-bond donors (Lipinski definition) is 0. The molecule has 0 aliphatic carbocycles. The Hall–Kier alpha value is -0.770. The number of rotatable bonds is 1. The molecule has 5 heteroatoms. The second kappa shape index (κ2) is 3.67. The Labute approximate surface area is 96.8 Å². The average Bonchev–Trinajstić information content (AvgIpc) is 2.15. The molecule has 2 nitrogen and oxygen atoms in total. The quantitative estimate of drug-likeness (QED) is 0.737. The highest BCUT2D eigenvalue weighted by molar-refractivity contribution is 8.13. The van der Waals surface area contributed by atoms with Gasteiger partial charge in [-0.05, 0) is 35.0 Å². The van der Waals surface area contributed by atoms with Crippen LogP contribution in [-0.4, -0.2) is 8.42 Å². The van der Waals surface area contributed by atoms with Crippen molar-refractivity contribution in [3.63, 3.8) is 0 Å². The van der Waals surface area contributed by atoms with E-state index in [0.717, 1.165) is 10.8 Å². The lowest BCUT2D eigenvalue weighted by atomic mass is 10.1. The fourth-order valence-electron chi connectivity index (χ4n) is 1.35. The number of benzene rings is 2. The highest BCUT2D eigenvalue weighted by Crippen LogP contribution is 2.24. The highest BCUT2D eigenvalue weighted by Gasteiger charge is 2.09. The monoisotopic (exact) mass is 260 g/mol. The highest BCUT2D eigenvalue weighted by atomic mass is 35.7. The first-order chi connectivity index (χ1) is 6.97. The Balaban J connectivity index is 2.75. The number of halogens is 2. The Bertz CT molecular complexity index is 620. The summed E-state index contributed by atoms with van der Waals surface area (Å²) in [5.74, 6) is 0. The third kappa shape index (κ3) is 2.25. The second-order valence-electron chi connectivity index (χ2n) is 3.09. The van der Waals surface area contributed by atoms with Crippen LogP contribution in [0.3, 0.4) is 0 Å². The normalized spacial score (nSPS) is 11.9. The standard InChI is InChI=1S/C10H6Cl2O2S/c11-9-3-1-7-2-4-10(15(12,13)14)6-8(7)5-9/h1-6H. The van der Waals surface area contributed by atoms with Crippen molar-refractivity contribution in [3.05, 3.63) is 41.4 Å². The number of fused-ring (bicyclic) bond motifs is 1. The van der Waals surface area contributed by atoms with Crippen molar-refractivity contribution in [2.45, 2.75) is 4.90 Å². The van der Waals surface area contributed by atoms with Gasteiger partial charge in [-0.25, -0.2) is 8.42 Å². The van der Waals surface area contributed by atoms with Gasteiger partial charge >= 0.3 is 0 Å². The molecular formula is C10H6Cl2O2S. The van der Waals surface area contributed by atoms with E-state index in [1.165, 1.54) is 12.1 Å².